The molecular weight excluding hydrogens is 464 g/mol. The fraction of sp³-hybridized carbons (Fsp3) is 0.516. The first-order valence-corrected chi connectivity index (χ1v) is 13.8. The van der Waals surface area contributed by atoms with Gasteiger partial charge < -0.3 is 19.8 Å². The number of amides is 1. The van der Waals surface area contributed by atoms with Crippen molar-refractivity contribution in [1.29, 1.82) is 0 Å². The lowest BCUT2D eigenvalue weighted by molar-refractivity contribution is -0.200. The molecule has 2 aliphatic heterocycles. The van der Waals surface area contributed by atoms with E-state index < -0.39 is 17.1 Å². The number of hydrogen-bond acceptors (Lipinski definition) is 5. The summed E-state index contributed by atoms with van der Waals surface area (Å²) >= 11 is 0. The summed E-state index contributed by atoms with van der Waals surface area (Å²) in [7, 11) is 1.86. The second-order valence-corrected chi connectivity index (χ2v) is 12.0. The lowest BCUT2D eigenvalue weighted by Gasteiger charge is -2.64. The molecule has 6 heteroatoms. The van der Waals surface area contributed by atoms with Crippen LogP contribution in [0.15, 0.2) is 48.5 Å². The van der Waals surface area contributed by atoms with Crippen LogP contribution in [0.1, 0.15) is 55.7 Å². The molecule has 1 amide bonds. The number of likely N-dealkylation sites (tertiary alicyclic amines) is 1. The van der Waals surface area contributed by atoms with Gasteiger partial charge in [-0.25, -0.2) is 0 Å². The maximum Gasteiger partial charge on any atom is 0.246 e. The molecule has 1 spiro atoms. The third-order valence-corrected chi connectivity index (χ3v) is 10.1. The number of ether oxygens (including phenoxy) is 1. The van der Waals surface area contributed by atoms with Gasteiger partial charge in [0.1, 0.15) is 6.10 Å². The number of allylic oxidation sites excluding steroid dienone is 1. The Balaban J connectivity index is 1.27. The second kappa shape index (κ2) is 8.08. The molecule has 2 aromatic rings. The number of nitrogens with zero attached hydrogens (tertiary/aromatic N) is 2. The fourth-order valence-electron chi connectivity index (χ4n) is 8.09. The molecule has 5 aliphatic rings. The Bertz CT molecular complexity index is 1290. The Labute approximate surface area is 218 Å². The normalized spacial score (nSPS) is 34.0. The number of aliphatic hydroxyl groups is 1. The van der Waals surface area contributed by atoms with Crippen LogP contribution in [0, 0.1) is 5.92 Å². The largest absolute Gasteiger partial charge is 0.504 e. The van der Waals surface area contributed by atoms with Crippen LogP contribution >= 0.6 is 0 Å². The van der Waals surface area contributed by atoms with E-state index in [1.54, 1.807) is 12.1 Å². The van der Waals surface area contributed by atoms with Crippen molar-refractivity contribution in [2.24, 2.45) is 5.92 Å². The van der Waals surface area contributed by atoms with Crippen LogP contribution in [-0.2, 0) is 16.6 Å². The minimum atomic E-state index is -0.937. The van der Waals surface area contributed by atoms with Crippen molar-refractivity contribution in [1.82, 2.24) is 9.80 Å². The Hall–Kier alpha value is -2.83. The molecule has 3 aliphatic carbocycles. The van der Waals surface area contributed by atoms with Crippen molar-refractivity contribution >= 4 is 11.5 Å². The number of hydrogen-bond donors (Lipinski definition) is 2. The van der Waals surface area contributed by atoms with Gasteiger partial charge in [0.25, 0.3) is 0 Å². The smallest absolute Gasteiger partial charge is 0.246 e. The molecule has 6 nitrogen and oxygen atoms in total. The van der Waals surface area contributed by atoms with Crippen LogP contribution in [0.2, 0.25) is 0 Å². The number of likely N-dealkylation sites (N-methyl/N-ethyl adjacent to an activating group) is 1. The maximum absolute atomic E-state index is 13.5. The molecule has 194 valence electrons. The van der Waals surface area contributed by atoms with E-state index in [9.17, 15) is 15.0 Å². The molecule has 37 heavy (non-hydrogen) atoms. The van der Waals surface area contributed by atoms with E-state index in [4.69, 9.17) is 4.74 Å². The van der Waals surface area contributed by atoms with Gasteiger partial charge in [0.15, 0.2) is 11.5 Å². The molecule has 2 N–H and O–H groups in total. The first-order chi connectivity index (χ1) is 17.8. The summed E-state index contributed by atoms with van der Waals surface area (Å²) in [6.45, 7) is 3.93. The molecule has 0 radical (unpaired) electrons. The van der Waals surface area contributed by atoms with Gasteiger partial charge in [0.2, 0.25) is 5.91 Å². The molecule has 7 rings (SSSR count). The van der Waals surface area contributed by atoms with E-state index in [1.807, 2.05) is 55.3 Å². The Morgan fingerprint density at radius 1 is 1.16 bits per heavy atom. The molecular formula is C31H36N2O4. The summed E-state index contributed by atoms with van der Waals surface area (Å²) in [6.07, 6.45) is 6.74. The van der Waals surface area contributed by atoms with Crippen molar-refractivity contribution in [3.8, 4) is 11.5 Å². The SMILES string of the molecule is C/C(=C\C(=O)N(C)[C@@H]1CC[C@@]2(O)[C@@H]3Cc4ccc(O)c5c4[C@@]2(CCN3CC2CC2)[C@H]1O5)c1ccccc1. The zero-order chi connectivity index (χ0) is 25.5. The first kappa shape index (κ1) is 23.3. The van der Waals surface area contributed by atoms with Crippen molar-refractivity contribution in [2.75, 3.05) is 20.1 Å². The third kappa shape index (κ3) is 3.21. The highest BCUT2D eigenvalue weighted by atomic mass is 16.5. The Kier molecular flexibility index (Phi) is 5.09. The zero-order valence-electron chi connectivity index (χ0n) is 21.7. The maximum atomic E-state index is 13.5. The molecule has 1 saturated heterocycles. The van der Waals surface area contributed by atoms with Crippen LogP contribution in [0.25, 0.3) is 5.57 Å². The van der Waals surface area contributed by atoms with Crippen LogP contribution < -0.4 is 4.74 Å². The molecule has 3 fully saturated rings. The van der Waals surface area contributed by atoms with Gasteiger partial charge in [0.05, 0.1) is 17.1 Å². The van der Waals surface area contributed by atoms with E-state index in [0.29, 0.717) is 18.6 Å². The van der Waals surface area contributed by atoms with Crippen molar-refractivity contribution < 1.29 is 19.7 Å². The van der Waals surface area contributed by atoms with Crippen LogP contribution in [-0.4, -0.2) is 69.8 Å². The van der Waals surface area contributed by atoms with E-state index in [-0.39, 0.29) is 23.7 Å². The zero-order valence-corrected chi connectivity index (χ0v) is 21.7. The summed E-state index contributed by atoms with van der Waals surface area (Å²) in [5, 5.41) is 23.5. The predicted octanol–water partition coefficient (Wildman–Crippen LogP) is 3.89. The standard InChI is InChI=1S/C31H36N2O4/c1-19(21-6-4-3-5-7-21)16-26(35)32(2)23-12-13-31(36)25-17-22-10-11-24(34)28-27(22)30(31,29(23)37-28)14-15-33(25)18-20-8-9-20/h3-7,10-11,16,20,23,25,29,34,36H,8-9,12-15,17-18H2,1-2H3/b19-16+/t23-,25+,29+,30+,31-/m1/s1. The molecule has 5 atom stereocenters. The van der Waals surface area contributed by atoms with Gasteiger partial charge in [-0.3, -0.25) is 9.69 Å². The minimum absolute atomic E-state index is 0.0399. The molecule has 2 saturated carbocycles. The molecule has 2 bridgehead atoms. The number of rotatable bonds is 5. The number of aromatic hydroxyl groups is 1. The highest BCUT2D eigenvalue weighted by molar-refractivity contribution is 5.95. The number of phenolic OH excluding ortho intramolecular Hbond substituents is 1. The van der Waals surface area contributed by atoms with Gasteiger partial charge in [-0.2, -0.15) is 0 Å². The van der Waals surface area contributed by atoms with Gasteiger partial charge in [-0.1, -0.05) is 36.4 Å². The van der Waals surface area contributed by atoms with Gasteiger partial charge in [-0.05, 0) is 80.7 Å². The highest BCUT2D eigenvalue weighted by Crippen LogP contribution is 2.66. The summed E-state index contributed by atoms with van der Waals surface area (Å²) in [4.78, 5) is 17.9. The molecule has 2 aromatic carbocycles. The van der Waals surface area contributed by atoms with Crippen molar-refractivity contribution in [2.45, 2.75) is 74.7 Å². The van der Waals surface area contributed by atoms with Crippen molar-refractivity contribution in [3.05, 3.63) is 65.2 Å². The topological polar surface area (TPSA) is 73.2 Å². The Morgan fingerprint density at radius 3 is 2.70 bits per heavy atom. The van der Waals surface area contributed by atoms with Gasteiger partial charge in [0, 0.05) is 31.3 Å². The van der Waals surface area contributed by atoms with E-state index in [0.717, 1.165) is 48.5 Å². The van der Waals surface area contributed by atoms with Crippen LogP contribution in [0.3, 0.4) is 0 Å². The Morgan fingerprint density at radius 2 is 1.95 bits per heavy atom. The number of benzene rings is 2. The monoisotopic (exact) mass is 500 g/mol. The van der Waals surface area contributed by atoms with Crippen LogP contribution in [0.5, 0.6) is 11.5 Å². The number of carbonyl (C=O) groups is 1. The lowest BCUT2D eigenvalue weighted by atomic mass is 9.48. The van der Waals surface area contributed by atoms with Crippen LogP contribution in [0.4, 0.5) is 0 Å². The third-order valence-electron chi connectivity index (χ3n) is 10.1. The average Bonchev–Trinajstić information content (AvgIpc) is 3.64. The quantitative estimate of drug-likeness (QED) is 0.610. The lowest BCUT2D eigenvalue weighted by Crippen LogP contribution is -2.78. The first-order valence-electron chi connectivity index (χ1n) is 13.8. The van der Waals surface area contributed by atoms with Crippen molar-refractivity contribution in [3.63, 3.8) is 0 Å². The minimum Gasteiger partial charge on any atom is -0.504 e. The molecule has 0 aromatic heterocycles. The number of piperidine rings is 1. The summed E-state index contributed by atoms with van der Waals surface area (Å²) in [5.74, 6) is 1.36. The summed E-state index contributed by atoms with van der Waals surface area (Å²) in [5.41, 5.74) is 2.58. The van der Waals surface area contributed by atoms with E-state index in [1.165, 1.54) is 18.4 Å². The molecule has 0 unspecified atom stereocenters. The van der Waals surface area contributed by atoms with Gasteiger partial charge in [-0.15, -0.1) is 0 Å². The van der Waals surface area contributed by atoms with E-state index in [2.05, 4.69) is 4.90 Å². The number of carbonyl (C=O) groups excluding carboxylic acids is 1. The summed E-state index contributed by atoms with van der Waals surface area (Å²) < 4.78 is 6.63. The summed E-state index contributed by atoms with van der Waals surface area (Å²) in [6, 6.07) is 13.6. The number of phenols is 1. The van der Waals surface area contributed by atoms with E-state index >= 15 is 0 Å². The second-order valence-electron chi connectivity index (χ2n) is 12.0. The molecule has 2 heterocycles. The highest BCUT2D eigenvalue weighted by Gasteiger charge is 2.73. The van der Waals surface area contributed by atoms with Gasteiger partial charge >= 0.3 is 0 Å². The average molecular weight is 501 g/mol. The predicted molar refractivity (Wildman–Crippen MR) is 141 cm³/mol. The fourth-order valence-corrected chi connectivity index (χ4v) is 8.09.